The fourth-order valence-corrected chi connectivity index (χ4v) is 3.83. The Bertz CT molecular complexity index is 902. The van der Waals surface area contributed by atoms with Crippen LogP contribution in [0.25, 0.3) is 22.3 Å². The molecule has 0 aliphatic carbocycles. The number of aromatic nitrogens is 5. The molecule has 3 aromatic heterocycles. The van der Waals surface area contributed by atoms with Gasteiger partial charge >= 0.3 is 0 Å². The second kappa shape index (κ2) is 7.18. The smallest absolute Gasteiger partial charge is 0.140 e. The van der Waals surface area contributed by atoms with E-state index in [1.165, 1.54) is 0 Å². The normalized spacial score (nSPS) is 12.2. The van der Waals surface area contributed by atoms with Crippen molar-refractivity contribution < 1.29 is 4.74 Å². The molecule has 3 rings (SSSR count). The van der Waals surface area contributed by atoms with E-state index in [0.29, 0.717) is 11.8 Å². The summed E-state index contributed by atoms with van der Waals surface area (Å²) in [5, 5.41) is 9.48. The van der Waals surface area contributed by atoms with Gasteiger partial charge in [-0.3, -0.25) is 9.67 Å². The average Bonchev–Trinajstić information content (AvgIpc) is 3.10. The van der Waals surface area contributed by atoms with Crippen molar-refractivity contribution in [1.29, 1.82) is 0 Å². The van der Waals surface area contributed by atoms with E-state index in [9.17, 15) is 0 Å². The lowest BCUT2D eigenvalue weighted by molar-refractivity contribution is 0.0818. The molecule has 0 saturated carbocycles. The van der Waals surface area contributed by atoms with Crippen LogP contribution in [-0.2, 0) is 18.5 Å². The Morgan fingerprint density at radius 3 is 2.68 bits per heavy atom. The zero-order valence-corrected chi connectivity index (χ0v) is 18.1. The van der Waals surface area contributed by atoms with Crippen LogP contribution in [0.3, 0.4) is 0 Å². The first-order valence-corrected chi connectivity index (χ1v) is 12.9. The summed E-state index contributed by atoms with van der Waals surface area (Å²) in [6.45, 7) is 8.09. The van der Waals surface area contributed by atoms with Crippen molar-refractivity contribution in [3.8, 4) is 11.3 Å². The van der Waals surface area contributed by atoms with Crippen LogP contribution in [0.5, 0.6) is 0 Å². The maximum Gasteiger partial charge on any atom is 0.140 e. The molecule has 3 aromatic rings. The third kappa shape index (κ3) is 4.13. The molecule has 0 aliphatic rings. The minimum absolute atomic E-state index is 0.363. The van der Waals surface area contributed by atoms with E-state index in [0.717, 1.165) is 39.4 Å². The van der Waals surface area contributed by atoms with E-state index in [-0.39, 0.29) is 0 Å². The number of halogens is 2. The molecule has 0 bridgehead atoms. The Balaban J connectivity index is 1.95. The van der Waals surface area contributed by atoms with Gasteiger partial charge in [-0.1, -0.05) is 31.2 Å². The Hall–Kier alpha value is -1.22. The zero-order chi connectivity index (χ0) is 18.2. The molecule has 0 amide bonds. The molecule has 0 atom stereocenters. The molecule has 0 radical (unpaired) electrons. The van der Waals surface area contributed by atoms with Crippen LogP contribution in [0.4, 0.5) is 0 Å². The Kier molecular flexibility index (Phi) is 5.33. The second-order valence-electron chi connectivity index (χ2n) is 7.22. The van der Waals surface area contributed by atoms with Gasteiger partial charge in [-0.2, -0.15) is 10.2 Å². The van der Waals surface area contributed by atoms with Gasteiger partial charge in [0.25, 0.3) is 0 Å². The van der Waals surface area contributed by atoms with Crippen LogP contribution in [0.15, 0.2) is 23.1 Å². The van der Waals surface area contributed by atoms with Crippen molar-refractivity contribution in [3.63, 3.8) is 0 Å². The second-order valence-corrected chi connectivity index (χ2v) is 14.0. The van der Waals surface area contributed by atoms with E-state index < -0.39 is 8.07 Å². The van der Waals surface area contributed by atoms with E-state index in [4.69, 9.17) is 21.4 Å². The number of hydrogen-bond acceptors (Lipinski definition) is 4. The summed E-state index contributed by atoms with van der Waals surface area (Å²) in [6, 6.07) is 1.11. The van der Waals surface area contributed by atoms with Gasteiger partial charge in [0.1, 0.15) is 23.5 Å². The standard InChI is InChI=1S/C16H21BrClN5OSi/c1-22-9-11(7-20-22)14-15-16(13(17)12(18)8-19-15)23(21-14)10-24-5-6-25(2,3)4/h7-9H,5-6,10H2,1-4H3. The van der Waals surface area contributed by atoms with Gasteiger partial charge in [0, 0.05) is 39.7 Å². The first kappa shape index (κ1) is 18.6. The third-order valence-corrected chi connectivity index (χ3v) is 6.86. The highest BCUT2D eigenvalue weighted by molar-refractivity contribution is 9.10. The van der Waals surface area contributed by atoms with E-state index in [1.807, 2.05) is 17.9 Å². The fourth-order valence-electron chi connectivity index (χ4n) is 2.44. The maximum absolute atomic E-state index is 6.24. The summed E-state index contributed by atoms with van der Waals surface area (Å²) in [4.78, 5) is 4.48. The van der Waals surface area contributed by atoms with E-state index >= 15 is 0 Å². The summed E-state index contributed by atoms with van der Waals surface area (Å²) in [7, 11) is 0.755. The van der Waals surface area contributed by atoms with Crippen LogP contribution < -0.4 is 0 Å². The van der Waals surface area contributed by atoms with Gasteiger partial charge in [-0.15, -0.1) is 0 Å². The van der Waals surface area contributed by atoms with Gasteiger partial charge in [0.15, 0.2) is 0 Å². The number of hydrogen-bond donors (Lipinski definition) is 0. The van der Waals surface area contributed by atoms with Crippen molar-refractivity contribution in [2.75, 3.05) is 6.61 Å². The van der Waals surface area contributed by atoms with Crippen LogP contribution >= 0.6 is 27.5 Å². The summed E-state index contributed by atoms with van der Waals surface area (Å²) >= 11 is 9.80. The predicted molar refractivity (Wildman–Crippen MR) is 107 cm³/mol. The summed E-state index contributed by atoms with van der Waals surface area (Å²) in [5.41, 5.74) is 3.29. The van der Waals surface area contributed by atoms with Gasteiger partial charge in [0.2, 0.25) is 0 Å². The lowest BCUT2D eigenvalue weighted by Crippen LogP contribution is -2.22. The molecule has 0 aromatic carbocycles. The molecular formula is C16H21BrClN5OSi. The summed E-state index contributed by atoms with van der Waals surface area (Å²) in [5.74, 6) is 0. The lowest BCUT2D eigenvalue weighted by Gasteiger charge is -2.15. The van der Waals surface area contributed by atoms with Crippen LogP contribution in [0.2, 0.25) is 30.7 Å². The van der Waals surface area contributed by atoms with Crippen molar-refractivity contribution in [2.24, 2.45) is 7.05 Å². The quantitative estimate of drug-likeness (QED) is 0.415. The zero-order valence-electron chi connectivity index (χ0n) is 14.8. The Morgan fingerprint density at radius 2 is 2.04 bits per heavy atom. The highest BCUT2D eigenvalue weighted by atomic mass is 79.9. The van der Waals surface area contributed by atoms with Gasteiger partial charge in [-0.05, 0) is 22.0 Å². The molecule has 0 spiro atoms. The van der Waals surface area contributed by atoms with Gasteiger partial charge < -0.3 is 4.74 Å². The minimum Gasteiger partial charge on any atom is -0.360 e. The molecule has 0 saturated heterocycles. The Labute approximate surface area is 161 Å². The topological polar surface area (TPSA) is 57.8 Å². The van der Waals surface area contributed by atoms with E-state index in [2.05, 4.69) is 45.7 Å². The van der Waals surface area contributed by atoms with Crippen molar-refractivity contribution in [3.05, 3.63) is 28.1 Å². The first-order valence-electron chi connectivity index (χ1n) is 8.03. The Morgan fingerprint density at radius 1 is 1.28 bits per heavy atom. The highest BCUT2D eigenvalue weighted by Gasteiger charge is 2.19. The third-order valence-electron chi connectivity index (χ3n) is 3.84. The first-order chi connectivity index (χ1) is 11.8. The molecular weight excluding hydrogens is 422 g/mol. The van der Waals surface area contributed by atoms with Crippen LogP contribution in [0.1, 0.15) is 0 Å². The number of aryl methyl sites for hydroxylation is 1. The number of nitrogens with zero attached hydrogens (tertiary/aromatic N) is 5. The van der Waals surface area contributed by atoms with Crippen molar-refractivity contribution in [2.45, 2.75) is 32.4 Å². The number of fused-ring (bicyclic) bond motifs is 1. The van der Waals surface area contributed by atoms with Crippen LogP contribution in [0, 0.1) is 0 Å². The fraction of sp³-hybridized carbons (Fsp3) is 0.438. The predicted octanol–water partition coefficient (Wildman–Crippen LogP) is 4.56. The van der Waals surface area contributed by atoms with Crippen molar-refractivity contribution >= 4 is 46.6 Å². The number of pyridine rings is 1. The summed E-state index contributed by atoms with van der Waals surface area (Å²) in [6.07, 6.45) is 5.33. The van der Waals surface area contributed by atoms with Crippen molar-refractivity contribution in [1.82, 2.24) is 24.5 Å². The largest absolute Gasteiger partial charge is 0.360 e. The molecule has 3 heterocycles. The summed E-state index contributed by atoms with van der Waals surface area (Å²) < 4.78 is 10.2. The molecule has 9 heteroatoms. The highest BCUT2D eigenvalue weighted by Crippen LogP contribution is 2.34. The van der Waals surface area contributed by atoms with E-state index in [1.54, 1.807) is 17.1 Å². The molecule has 0 aliphatic heterocycles. The van der Waals surface area contributed by atoms with Crippen LogP contribution in [-0.4, -0.2) is 39.2 Å². The van der Waals surface area contributed by atoms with Gasteiger partial charge in [0.05, 0.1) is 15.7 Å². The monoisotopic (exact) mass is 441 g/mol. The maximum atomic E-state index is 6.24. The molecule has 0 N–H and O–H groups in total. The number of ether oxygens (including phenoxy) is 1. The number of rotatable bonds is 6. The molecule has 0 unspecified atom stereocenters. The minimum atomic E-state index is -1.12. The molecule has 6 nitrogen and oxygen atoms in total. The molecule has 0 fully saturated rings. The molecule has 25 heavy (non-hydrogen) atoms. The average molecular weight is 443 g/mol. The molecule has 134 valence electrons. The lowest BCUT2D eigenvalue weighted by atomic mass is 10.2. The SMILES string of the molecule is Cn1cc(-c2nn(COCC[Si](C)(C)C)c3c(Br)c(Cl)cnc23)cn1. The van der Waals surface area contributed by atoms with Gasteiger partial charge in [-0.25, -0.2) is 4.68 Å².